The van der Waals surface area contributed by atoms with E-state index in [1.165, 1.54) is 6.07 Å². The van der Waals surface area contributed by atoms with Crippen molar-refractivity contribution in [2.24, 2.45) is 5.84 Å². The van der Waals surface area contributed by atoms with E-state index in [2.05, 4.69) is 19.0 Å². The molecule has 0 atom stereocenters. The van der Waals surface area contributed by atoms with Crippen molar-refractivity contribution in [2.75, 3.05) is 34.2 Å². The number of hydrogen-bond donors (Lipinski definition) is 1. The van der Waals surface area contributed by atoms with Crippen LogP contribution in [-0.2, 0) is 6.18 Å². The summed E-state index contributed by atoms with van der Waals surface area (Å²) in [6.07, 6.45) is -3.45. The Labute approximate surface area is 116 Å². The average molecular weight is 295 g/mol. The van der Waals surface area contributed by atoms with E-state index in [1.54, 1.807) is 5.01 Å². The van der Waals surface area contributed by atoms with Crippen LogP contribution in [0.5, 0.6) is 0 Å². The Morgan fingerprint density at radius 2 is 1.60 bits per heavy atom. The van der Waals surface area contributed by atoms with Crippen molar-refractivity contribution in [3.63, 3.8) is 0 Å². The minimum Gasteiger partial charge on any atom is -0.309 e. The van der Waals surface area contributed by atoms with Gasteiger partial charge in [0.1, 0.15) is 5.82 Å². The SMILES string of the molecule is CN(C)CCCN(C)N.Fc1ccccc1C(F)(F)F. The van der Waals surface area contributed by atoms with Gasteiger partial charge in [-0.15, -0.1) is 0 Å². The van der Waals surface area contributed by atoms with E-state index in [0.717, 1.165) is 31.6 Å². The highest BCUT2D eigenvalue weighted by atomic mass is 19.4. The van der Waals surface area contributed by atoms with E-state index in [-0.39, 0.29) is 0 Å². The monoisotopic (exact) mass is 295 g/mol. The number of hydrazine groups is 1. The Morgan fingerprint density at radius 1 is 1.05 bits per heavy atom. The van der Waals surface area contributed by atoms with Crippen LogP contribution in [-0.4, -0.2) is 44.1 Å². The van der Waals surface area contributed by atoms with Crippen molar-refractivity contribution in [3.8, 4) is 0 Å². The lowest BCUT2D eigenvalue weighted by atomic mass is 10.2. The zero-order valence-electron chi connectivity index (χ0n) is 11.9. The van der Waals surface area contributed by atoms with Gasteiger partial charge in [-0.1, -0.05) is 12.1 Å². The van der Waals surface area contributed by atoms with Gasteiger partial charge in [0.2, 0.25) is 0 Å². The maximum atomic E-state index is 12.4. The fraction of sp³-hybridized carbons (Fsp3) is 0.538. The van der Waals surface area contributed by atoms with Crippen LogP contribution in [0, 0.1) is 5.82 Å². The van der Waals surface area contributed by atoms with E-state index in [9.17, 15) is 17.6 Å². The molecule has 116 valence electrons. The van der Waals surface area contributed by atoms with Crippen LogP contribution in [0.25, 0.3) is 0 Å². The first-order chi connectivity index (χ1) is 9.14. The Kier molecular flexibility index (Phi) is 8.36. The summed E-state index contributed by atoms with van der Waals surface area (Å²) in [5.41, 5.74) is -1.22. The summed E-state index contributed by atoms with van der Waals surface area (Å²) in [5.74, 6) is 4.16. The van der Waals surface area contributed by atoms with Crippen LogP contribution >= 0.6 is 0 Å². The van der Waals surface area contributed by atoms with Crippen LogP contribution in [0.4, 0.5) is 17.6 Å². The summed E-state index contributed by atoms with van der Waals surface area (Å²) >= 11 is 0. The molecule has 2 N–H and O–H groups in total. The Morgan fingerprint density at radius 3 is 1.95 bits per heavy atom. The molecule has 0 radical (unpaired) electrons. The first kappa shape index (κ1) is 18.8. The second-order valence-corrected chi connectivity index (χ2v) is 4.62. The molecule has 1 rings (SSSR count). The summed E-state index contributed by atoms with van der Waals surface area (Å²) < 4.78 is 47.8. The zero-order valence-corrected chi connectivity index (χ0v) is 11.9. The lowest BCUT2D eigenvalue weighted by Gasteiger charge is -2.12. The molecule has 1 aromatic carbocycles. The molecule has 0 amide bonds. The smallest absolute Gasteiger partial charge is 0.309 e. The third kappa shape index (κ3) is 8.84. The van der Waals surface area contributed by atoms with Crippen molar-refractivity contribution in [1.82, 2.24) is 9.91 Å². The highest BCUT2D eigenvalue weighted by Gasteiger charge is 2.33. The number of nitrogens with two attached hydrogens (primary N) is 1. The molecule has 0 saturated heterocycles. The molecular weight excluding hydrogens is 274 g/mol. The minimum absolute atomic E-state index is 0.704. The molecule has 0 bridgehead atoms. The highest BCUT2D eigenvalue weighted by molar-refractivity contribution is 5.19. The van der Waals surface area contributed by atoms with Gasteiger partial charge >= 0.3 is 6.18 Å². The second kappa shape index (κ2) is 8.89. The third-order valence-corrected chi connectivity index (χ3v) is 2.30. The van der Waals surface area contributed by atoms with Gasteiger partial charge in [-0.25, -0.2) is 4.39 Å². The van der Waals surface area contributed by atoms with Gasteiger partial charge in [-0.3, -0.25) is 10.9 Å². The number of rotatable bonds is 4. The molecular formula is C13H21F4N3. The Hall–Kier alpha value is -1.18. The molecule has 0 saturated carbocycles. The predicted octanol–water partition coefficient (Wildman–Crippen LogP) is 2.59. The van der Waals surface area contributed by atoms with Gasteiger partial charge in [0.05, 0.1) is 5.56 Å². The van der Waals surface area contributed by atoms with Gasteiger partial charge in [0.15, 0.2) is 0 Å². The van der Waals surface area contributed by atoms with Crippen LogP contribution in [0.15, 0.2) is 24.3 Å². The maximum absolute atomic E-state index is 12.4. The maximum Gasteiger partial charge on any atom is 0.419 e. The predicted molar refractivity (Wildman–Crippen MR) is 71.4 cm³/mol. The largest absolute Gasteiger partial charge is 0.419 e. The molecule has 7 heteroatoms. The molecule has 0 aliphatic carbocycles. The van der Waals surface area contributed by atoms with Gasteiger partial charge in [0.25, 0.3) is 0 Å². The molecule has 0 aliphatic rings. The zero-order chi connectivity index (χ0) is 15.8. The van der Waals surface area contributed by atoms with Crippen LogP contribution in [0.3, 0.4) is 0 Å². The van der Waals surface area contributed by atoms with Crippen molar-refractivity contribution >= 4 is 0 Å². The topological polar surface area (TPSA) is 32.5 Å². The number of nitrogens with zero attached hydrogens (tertiary/aromatic N) is 2. The number of benzene rings is 1. The summed E-state index contributed by atoms with van der Waals surface area (Å²) in [6.45, 7) is 2.08. The molecule has 0 aliphatic heterocycles. The molecule has 0 fully saturated rings. The van der Waals surface area contributed by atoms with Crippen LogP contribution < -0.4 is 5.84 Å². The summed E-state index contributed by atoms with van der Waals surface area (Å²) in [7, 11) is 6.02. The lowest BCUT2D eigenvalue weighted by Crippen LogP contribution is -2.29. The summed E-state index contributed by atoms with van der Waals surface area (Å²) in [6, 6.07) is 3.84. The quantitative estimate of drug-likeness (QED) is 0.526. The first-order valence-electron chi connectivity index (χ1n) is 6.07. The number of alkyl halides is 3. The summed E-state index contributed by atoms with van der Waals surface area (Å²) in [5, 5.41) is 1.71. The first-order valence-corrected chi connectivity index (χ1v) is 6.07. The van der Waals surface area contributed by atoms with Crippen LogP contribution in [0.1, 0.15) is 12.0 Å². The van der Waals surface area contributed by atoms with Gasteiger partial charge < -0.3 is 4.90 Å². The molecule has 0 heterocycles. The molecule has 3 nitrogen and oxygen atoms in total. The van der Waals surface area contributed by atoms with Crippen LogP contribution in [0.2, 0.25) is 0 Å². The van der Waals surface area contributed by atoms with Crippen molar-refractivity contribution in [2.45, 2.75) is 12.6 Å². The van der Waals surface area contributed by atoms with Crippen molar-refractivity contribution in [3.05, 3.63) is 35.6 Å². The standard InChI is InChI=1S/C7H4F4.C6H17N3/c8-6-4-2-1-3-5(6)7(9,10)11;1-8(2)5-4-6-9(3)7/h1-4H;4-7H2,1-3H3. The Bertz CT molecular complexity index is 370. The summed E-state index contributed by atoms with van der Waals surface area (Å²) in [4.78, 5) is 2.16. The lowest BCUT2D eigenvalue weighted by molar-refractivity contribution is -0.140. The molecule has 1 aromatic rings. The fourth-order valence-corrected chi connectivity index (χ4v) is 1.33. The van der Waals surface area contributed by atoms with Crippen molar-refractivity contribution in [1.29, 1.82) is 0 Å². The van der Waals surface area contributed by atoms with E-state index in [0.29, 0.717) is 6.07 Å². The third-order valence-electron chi connectivity index (χ3n) is 2.30. The molecule has 0 spiro atoms. The Balaban J connectivity index is 0.000000370. The second-order valence-electron chi connectivity index (χ2n) is 4.62. The van der Waals surface area contributed by atoms with Gasteiger partial charge in [-0.05, 0) is 39.2 Å². The molecule has 0 aromatic heterocycles. The number of hydrogen-bond acceptors (Lipinski definition) is 3. The normalized spacial score (nSPS) is 11.5. The van der Waals surface area contributed by atoms with E-state index < -0.39 is 17.6 Å². The average Bonchev–Trinajstić information content (AvgIpc) is 2.27. The van der Waals surface area contributed by atoms with Crippen molar-refractivity contribution < 1.29 is 17.6 Å². The van der Waals surface area contributed by atoms with Gasteiger partial charge in [0, 0.05) is 13.6 Å². The molecule has 20 heavy (non-hydrogen) atoms. The van der Waals surface area contributed by atoms with E-state index in [1.807, 2.05) is 7.05 Å². The minimum atomic E-state index is -4.59. The fourth-order valence-electron chi connectivity index (χ4n) is 1.33. The van der Waals surface area contributed by atoms with E-state index in [4.69, 9.17) is 5.84 Å². The van der Waals surface area contributed by atoms with Gasteiger partial charge in [-0.2, -0.15) is 13.2 Å². The van der Waals surface area contributed by atoms with E-state index >= 15 is 0 Å². The molecule has 0 unspecified atom stereocenters. The number of halogens is 4. The highest BCUT2D eigenvalue weighted by Crippen LogP contribution is 2.30.